The molecule has 0 heterocycles. The second-order valence-corrected chi connectivity index (χ2v) is 6.34. The highest BCUT2D eigenvalue weighted by Crippen LogP contribution is 2.28. The van der Waals surface area contributed by atoms with Gasteiger partial charge in [0, 0.05) is 0 Å². The summed E-state index contributed by atoms with van der Waals surface area (Å²) in [5.74, 6) is -1.81. The van der Waals surface area contributed by atoms with Crippen molar-refractivity contribution in [2.24, 2.45) is 11.8 Å². The molecule has 1 aliphatic rings. The number of aliphatic carboxylic acids is 1. The van der Waals surface area contributed by atoms with Gasteiger partial charge in [-0.05, 0) is 25.7 Å². The van der Waals surface area contributed by atoms with Crippen molar-refractivity contribution in [2.45, 2.75) is 84.2 Å². The van der Waals surface area contributed by atoms with Gasteiger partial charge in [-0.3, -0.25) is 9.59 Å². The van der Waals surface area contributed by atoms with Crippen LogP contribution < -0.4 is 0 Å². The molecule has 0 aromatic heterocycles. The Balaban J connectivity index is 2.27. The molecule has 0 spiro atoms. The van der Waals surface area contributed by atoms with Gasteiger partial charge < -0.3 is 9.84 Å². The highest BCUT2D eigenvalue weighted by Gasteiger charge is 2.28. The lowest BCUT2D eigenvalue weighted by Crippen LogP contribution is -2.28. The van der Waals surface area contributed by atoms with Gasteiger partial charge >= 0.3 is 11.9 Å². The number of carboxylic acids is 1. The first-order valence-corrected chi connectivity index (χ1v) is 8.47. The fourth-order valence-electron chi connectivity index (χ4n) is 2.96. The molecular formula is C17H30O4. The molecule has 1 rings (SSSR count). The maximum atomic E-state index is 11.8. The highest BCUT2D eigenvalue weighted by atomic mass is 16.5. The minimum atomic E-state index is -1.05. The zero-order valence-corrected chi connectivity index (χ0v) is 13.5. The molecule has 0 aliphatic heterocycles. The van der Waals surface area contributed by atoms with Gasteiger partial charge in [0.2, 0.25) is 0 Å². The second kappa shape index (κ2) is 9.80. The number of rotatable bonds is 9. The first kappa shape index (κ1) is 18.0. The molecule has 0 aromatic rings. The van der Waals surface area contributed by atoms with Gasteiger partial charge in [-0.1, -0.05) is 58.3 Å². The fraction of sp³-hybridized carbons (Fsp3) is 0.882. The van der Waals surface area contributed by atoms with Crippen molar-refractivity contribution < 1.29 is 19.4 Å². The molecule has 4 heteroatoms. The number of hydrogen-bond acceptors (Lipinski definition) is 3. The van der Waals surface area contributed by atoms with Crippen molar-refractivity contribution in [3.63, 3.8) is 0 Å². The van der Waals surface area contributed by atoms with Gasteiger partial charge in [-0.25, -0.2) is 0 Å². The lowest BCUT2D eigenvalue weighted by atomic mass is 9.85. The maximum absolute atomic E-state index is 11.8. The van der Waals surface area contributed by atoms with Gasteiger partial charge in [0.05, 0.1) is 6.10 Å². The van der Waals surface area contributed by atoms with Crippen LogP contribution in [0.3, 0.4) is 0 Å². The first-order chi connectivity index (χ1) is 10.0. The Morgan fingerprint density at radius 2 is 1.86 bits per heavy atom. The van der Waals surface area contributed by atoms with Crippen molar-refractivity contribution >= 4 is 11.9 Å². The Labute approximate surface area is 128 Å². The second-order valence-electron chi connectivity index (χ2n) is 6.34. The molecule has 0 bridgehead atoms. The highest BCUT2D eigenvalue weighted by molar-refractivity contribution is 5.93. The number of unbranched alkanes of at least 4 members (excludes halogenated alkanes) is 1. The van der Waals surface area contributed by atoms with Crippen molar-refractivity contribution in [1.29, 1.82) is 0 Å². The number of ether oxygens (including phenoxy) is 1. The van der Waals surface area contributed by atoms with E-state index in [2.05, 4.69) is 0 Å². The third-order valence-corrected chi connectivity index (χ3v) is 4.55. The quantitative estimate of drug-likeness (QED) is 0.394. The molecule has 0 aromatic carbocycles. The smallest absolute Gasteiger partial charge is 0.320 e. The summed E-state index contributed by atoms with van der Waals surface area (Å²) in [6, 6.07) is 0. The summed E-state index contributed by atoms with van der Waals surface area (Å²) in [7, 11) is 0. The summed E-state index contributed by atoms with van der Waals surface area (Å²) in [6.45, 7) is 3.71. The van der Waals surface area contributed by atoms with E-state index in [0.29, 0.717) is 12.8 Å². The van der Waals surface area contributed by atoms with Crippen LogP contribution in [0.15, 0.2) is 0 Å². The van der Waals surface area contributed by atoms with Crippen LogP contribution in [0, 0.1) is 11.8 Å². The molecule has 1 fully saturated rings. The summed E-state index contributed by atoms with van der Waals surface area (Å²) in [6.07, 6.45) is 10.6. The van der Waals surface area contributed by atoms with Crippen molar-refractivity contribution in [3.05, 3.63) is 0 Å². The monoisotopic (exact) mass is 298 g/mol. The first-order valence-electron chi connectivity index (χ1n) is 8.47. The standard InChI is InChI=1S/C17H30O4/c1-3-13(2)21-17(20)15(16(18)19)12-8-7-11-14-9-5-4-6-10-14/h13-15H,3-12H2,1-2H3,(H,18,19). The van der Waals surface area contributed by atoms with Crippen LogP contribution in [0.25, 0.3) is 0 Å². The van der Waals surface area contributed by atoms with Gasteiger partial charge in [-0.15, -0.1) is 0 Å². The Morgan fingerprint density at radius 1 is 1.19 bits per heavy atom. The lowest BCUT2D eigenvalue weighted by Gasteiger charge is -2.21. The third-order valence-electron chi connectivity index (χ3n) is 4.55. The van der Waals surface area contributed by atoms with E-state index < -0.39 is 17.9 Å². The fourth-order valence-corrected chi connectivity index (χ4v) is 2.96. The van der Waals surface area contributed by atoms with Gasteiger partial charge in [0.25, 0.3) is 0 Å². The number of esters is 1. The molecule has 1 N–H and O–H groups in total. The summed E-state index contributed by atoms with van der Waals surface area (Å²) in [5, 5.41) is 9.18. The minimum Gasteiger partial charge on any atom is -0.481 e. The van der Waals surface area contributed by atoms with Gasteiger partial charge in [-0.2, -0.15) is 0 Å². The van der Waals surface area contributed by atoms with E-state index in [1.54, 1.807) is 6.92 Å². The predicted octanol–water partition coefficient (Wildman–Crippen LogP) is 4.17. The van der Waals surface area contributed by atoms with E-state index in [0.717, 1.165) is 18.8 Å². The SMILES string of the molecule is CCC(C)OC(=O)C(CCCCC1CCCCC1)C(=O)O. The minimum absolute atomic E-state index is 0.207. The number of carboxylic acid groups (broad SMARTS) is 1. The molecule has 0 radical (unpaired) electrons. The molecule has 21 heavy (non-hydrogen) atoms. The van der Waals surface area contributed by atoms with Crippen LogP contribution in [0.2, 0.25) is 0 Å². The Kier molecular flexibility index (Phi) is 8.40. The van der Waals surface area contributed by atoms with E-state index in [9.17, 15) is 14.7 Å². The van der Waals surface area contributed by atoms with Crippen LogP contribution in [0.5, 0.6) is 0 Å². The van der Waals surface area contributed by atoms with Crippen molar-refractivity contribution in [1.82, 2.24) is 0 Å². The largest absolute Gasteiger partial charge is 0.481 e. The Bertz CT molecular complexity index is 321. The summed E-state index contributed by atoms with van der Waals surface area (Å²) < 4.78 is 5.15. The Morgan fingerprint density at radius 3 is 2.43 bits per heavy atom. The van der Waals surface area contributed by atoms with Crippen LogP contribution >= 0.6 is 0 Å². The van der Waals surface area contributed by atoms with E-state index >= 15 is 0 Å². The third kappa shape index (κ3) is 6.96. The molecule has 2 unspecified atom stereocenters. The summed E-state index contributed by atoms with van der Waals surface area (Å²) >= 11 is 0. The number of carbonyl (C=O) groups excluding carboxylic acids is 1. The van der Waals surface area contributed by atoms with Crippen LogP contribution in [0.4, 0.5) is 0 Å². The number of hydrogen-bond donors (Lipinski definition) is 1. The molecule has 122 valence electrons. The molecule has 0 saturated heterocycles. The van der Waals surface area contributed by atoms with Gasteiger partial charge in [0.1, 0.15) is 0 Å². The Hall–Kier alpha value is -1.06. The zero-order valence-electron chi connectivity index (χ0n) is 13.5. The van der Waals surface area contributed by atoms with Crippen molar-refractivity contribution in [2.75, 3.05) is 0 Å². The molecule has 1 saturated carbocycles. The average molecular weight is 298 g/mol. The van der Waals surface area contributed by atoms with Crippen LogP contribution in [-0.2, 0) is 14.3 Å². The normalized spacial score (nSPS) is 19.0. The molecule has 2 atom stereocenters. The topological polar surface area (TPSA) is 63.6 Å². The van der Waals surface area contributed by atoms with E-state index in [1.165, 1.54) is 38.5 Å². The summed E-state index contributed by atoms with van der Waals surface area (Å²) in [4.78, 5) is 23.1. The maximum Gasteiger partial charge on any atom is 0.320 e. The van der Waals surface area contributed by atoms with Gasteiger partial charge in [0.15, 0.2) is 5.92 Å². The number of carbonyl (C=O) groups is 2. The predicted molar refractivity (Wildman–Crippen MR) is 82.0 cm³/mol. The lowest BCUT2D eigenvalue weighted by molar-refractivity contribution is -0.162. The molecular weight excluding hydrogens is 268 g/mol. The molecule has 1 aliphatic carbocycles. The zero-order chi connectivity index (χ0) is 15.7. The van der Waals surface area contributed by atoms with Crippen LogP contribution in [0.1, 0.15) is 78.1 Å². The van der Waals surface area contributed by atoms with Crippen molar-refractivity contribution in [3.8, 4) is 0 Å². The average Bonchev–Trinajstić information content (AvgIpc) is 2.47. The van der Waals surface area contributed by atoms with E-state index in [1.807, 2.05) is 6.92 Å². The van der Waals surface area contributed by atoms with E-state index in [4.69, 9.17) is 4.74 Å². The molecule has 0 amide bonds. The molecule has 4 nitrogen and oxygen atoms in total. The van der Waals surface area contributed by atoms with E-state index in [-0.39, 0.29) is 6.10 Å². The summed E-state index contributed by atoms with van der Waals surface area (Å²) in [5.41, 5.74) is 0. The van der Waals surface area contributed by atoms with Crippen LogP contribution in [-0.4, -0.2) is 23.1 Å².